The quantitative estimate of drug-likeness (QED) is 0.832. The molecule has 1 amide bonds. The van der Waals surface area contributed by atoms with Gasteiger partial charge >= 0.3 is 5.97 Å². The van der Waals surface area contributed by atoms with Gasteiger partial charge in [-0.15, -0.1) is 11.3 Å². The van der Waals surface area contributed by atoms with Crippen LogP contribution in [0.1, 0.15) is 40.8 Å². The first-order valence-electron chi connectivity index (χ1n) is 8.74. The van der Waals surface area contributed by atoms with Crippen LogP contribution >= 0.6 is 11.3 Å². The van der Waals surface area contributed by atoms with Gasteiger partial charge in [-0.2, -0.15) is 4.98 Å². The molecule has 3 heterocycles. The number of methoxy groups -OCH3 is 2. The monoisotopic (exact) mass is 393 g/mol. The predicted octanol–water partition coefficient (Wildman–Crippen LogP) is 2.48. The van der Waals surface area contributed by atoms with Crippen molar-refractivity contribution in [3.05, 3.63) is 16.3 Å². The molecule has 0 spiro atoms. The summed E-state index contributed by atoms with van der Waals surface area (Å²) in [6, 6.07) is -0.803. The number of aromatic nitrogens is 2. The number of likely N-dealkylation sites (tertiary alicyclic amines) is 1. The lowest BCUT2D eigenvalue weighted by Gasteiger charge is -2.35. The van der Waals surface area contributed by atoms with Crippen LogP contribution in [-0.2, 0) is 16.1 Å². The minimum atomic E-state index is -0.964. The molecule has 8 nitrogen and oxygen atoms in total. The van der Waals surface area contributed by atoms with E-state index in [1.165, 1.54) is 23.3 Å². The van der Waals surface area contributed by atoms with Crippen molar-refractivity contribution in [2.45, 2.75) is 39.3 Å². The molecule has 2 aromatic heterocycles. The van der Waals surface area contributed by atoms with E-state index in [1.54, 1.807) is 7.11 Å². The number of piperidine rings is 1. The number of nitrogens with zero attached hydrogens (tertiary/aromatic N) is 3. The Hall–Kier alpha value is -2.26. The molecular weight excluding hydrogens is 370 g/mol. The summed E-state index contributed by atoms with van der Waals surface area (Å²) >= 11 is 1.24. The molecule has 1 fully saturated rings. The highest BCUT2D eigenvalue weighted by Gasteiger charge is 2.36. The molecule has 0 bridgehead atoms. The van der Waals surface area contributed by atoms with Gasteiger partial charge in [0.15, 0.2) is 5.82 Å². The van der Waals surface area contributed by atoms with E-state index in [2.05, 4.69) is 9.97 Å². The van der Waals surface area contributed by atoms with Crippen LogP contribution in [0.2, 0.25) is 0 Å². The van der Waals surface area contributed by atoms with Gasteiger partial charge in [0.2, 0.25) is 5.88 Å². The number of hydrogen-bond donors (Lipinski definition) is 1. The van der Waals surface area contributed by atoms with Gasteiger partial charge in [0.25, 0.3) is 5.91 Å². The number of ether oxygens (including phenoxy) is 2. The summed E-state index contributed by atoms with van der Waals surface area (Å²) in [7, 11) is 3.07. The van der Waals surface area contributed by atoms with Gasteiger partial charge in [-0.25, -0.2) is 9.78 Å². The van der Waals surface area contributed by atoms with E-state index in [-0.39, 0.29) is 18.4 Å². The number of carboxylic acid groups (broad SMARTS) is 1. The van der Waals surface area contributed by atoms with Crippen molar-refractivity contribution < 1.29 is 24.2 Å². The van der Waals surface area contributed by atoms with E-state index in [1.807, 2.05) is 13.8 Å². The van der Waals surface area contributed by atoms with Gasteiger partial charge in [0, 0.05) is 13.7 Å². The Bertz CT molecular complexity index is 881. The Morgan fingerprint density at radius 2 is 2.07 bits per heavy atom. The first-order valence-corrected chi connectivity index (χ1v) is 9.55. The fraction of sp³-hybridized carbons (Fsp3) is 0.556. The maximum Gasteiger partial charge on any atom is 0.326 e. The van der Waals surface area contributed by atoms with E-state index >= 15 is 0 Å². The zero-order valence-electron chi connectivity index (χ0n) is 15.8. The largest absolute Gasteiger partial charge is 0.480 e. The van der Waals surface area contributed by atoms with Crippen LogP contribution in [0.3, 0.4) is 0 Å². The summed E-state index contributed by atoms with van der Waals surface area (Å²) in [6.07, 6.45) is 1.26. The molecular formula is C18H23N3O5S. The van der Waals surface area contributed by atoms with Crippen molar-refractivity contribution in [3.8, 4) is 5.88 Å². The van der Waals surface area contributed by atoms with Crippen LogP contribution in [-0.4, -0.2) is 58.7 Å². The van der Waals surface area contributed by atoms with Crippen molar-refractivity contribution in [2.75, 3.05) is 20.8 Å². The lowest BCUT2D eigenvalue weighted by atomic mass is 9.92. The third kappa shape index (κ3) is 3.61. The average molecular weight is 393 g/mol. The van der Waals surface area contributed by atoms with E-state index < -0.39 is 12.0 Å². The van der Waals surface area contributed by atoms with Gasteiger partial charge in [-0.1, -0.05) is 6.92 Å². The van der Waals surface area contributed by atoms with Crippen LogP contribution in [0.25, 0.3) is 10.2 Å². The Morgan fingerprint density at radius 3 is 2.70 bits per heavy atom. The molecule has 0 aliphatic carbocycles. The van der Waals surface area contributed by atoms with Crippen LogP contribution in [0.15, 0.2) is 0 Å². The molecule has 146 valence electrons. The van der Waals surface area contributed by atoms with Crippen LogP contribution in [0.5, 0.6) is 5.88 Å². The van der Waals surface area contributed by atoms with Crippen molar-refractivity contribution in [1.29, 1.82) is 0 Å². The number of thiophene rings is 1. The van der Waals surface area contributed by atoms with E-state index in [9.17, 15) is 14.7 Å². The van der Waals surface area contributed by atoms with Gasteiger partial charge in [-0.05, 0) is 31.2 Å². The summed E-state index contributed by atoms with van der Waals surface area (Å²) in [5, 5.41) is 10.2. The Kier molecular flexibility index (Phi) is 5.61. The molecule has 27 heavy (non-hydrogen) atoms. The van der Waals surface area contributed by atoms with Crippen LogP contribution in [0, 0.1) is 12.8 Å². The number of rotatable bonds is 5. The van der Waals surface area contributed by atoms with Gasteiger partial charge in [0.05, 0.1) is 17.4 Å². The van der Waals surface area contributed by atoms with Gasteiger partial charge in [-0.3, -0.25) is 4.79 Å². The Balaban J connectivity index is 2.04. The van der Waals surface area contributed by atoms with Crippen molar-refractivity contribution >= 4 is 33.4 Å². The second kappa shape index (κ2) is 7.77. The second-order valence-electron chi connectivity index (χ2n) is 6.80. The molecule has 1 saturated heterocycles. The average Bonchev–Trinajstić information content (AvgIpc) is 2.97. The summed E-state index contributed by atoms with van der Waals surface area (Å²) in [5.41, 5.74) is 0.712. The minimum Gasteiger partial charge on any atom is -0.480 e. The fourth-order valence-corrected chi connectivity index (χ4v) is 4.59. The highest BCUT2D eigenvalue weighted by atomic mass is 32.1. The number of carbonyl (C=O) groups excluding carboxylic acids is 1. The maximum atomic E-state index is 13.2. The number of carboxylic acids is 1. The molecule has 1 N–H and O–H groups in total. The zero-order valence-corrected chi connectivity index (χ0v) is 16.6. The number of amides is 1. The molecule has 1 aliphatic heterocycles. The third-order valence-electron chi connectivity index (χ3n) is 4.87. The number of fused-ring (bicyclic) bond motifs is 1. The van der Waals surface area contributed by atoms with Crippen molar-refractivity contribution in [3.63, 3.8) is 0 Å². The number of carbonyl (C=O) groups is 2. The summed E-state index contributed by atoms with van der Waals surface area (Å²) in [5.74, 6) is -0.0982. The number of hydrogen-bond acceptors (Lipinski definition) is 7. The maximum absolute atomic E-state index is 13.2. The SMILES string of the molecule is COCc1nc(OC)c2c(C)c(C(=O)N3CCC(C)CC3C(=O)O)sc2n1. The lowest BCUT2D eigenvalue weighted by molar-refractivity contribution is -0.144. The number of aliphatic carboxylic acids is 1. The van der Waals surface area contributed by atoms with Gasteiger partial charge < -0.3 is 19.5 Å². The molecule has 3 rings (SSSR count). The van der Waals surface area contributed by atoms with E-state index in [4.69, 9.17) is 9.47 Å². The van der Waals surface area contributed by atoms with Crippen LogP contribution < -0.4 is 4.74 Å². The predicted molar refractivity (Wildman–Crippen MR) is 100 cm³/mol. The second-order valence-corrected chi connectivity index (χ2v) is 7.80. The summed E-state index contributed by atoms with van der Waals surface area (Å²) in [4.78, 5) is 36.2. The summed E-state index contributed by atoms with van der Waals surface area (Å²) < 4.78 is 10.5. The zero-order chi connectivity index (χ0) is 19.7. The van der Waals surface area contributed by atoms with Crippen molar-refractivity contribution in [2.24, 2.45) is 5.92 Å². The first-order chi connectivity index (χ1) is 12.9. The summed E-state index contributed by atoms with van der Waals surface area (Å²) in [6.45, 7) is 4.50. The van der Waals surface area contributed by atoms with Gasteiger partial charge in [0.1, 0.15) is 17.5 Å². The third-order valence-corrected chi connectivity index (χ3v) is 6.05. The minimum absolute atomic E-state index is 0.234. The molecule has 0 saturated carbocycles. The Labute approximate surface area is 161 Å². The molecule has 9 heteroatoms. The standard InChI is InChI=1S/C18H23N3O5S/c1-9-5-6-21(11(7-9)18(23)24)17(22)14-10(2)13-15(26-4)19-12(8-25-3)20-16(13)27-14/h9,11H,5-8H2,1-4H3,(H,23,24). The molecule has 2 atom stereocenters. The molecule has 2 aromatic rings. The molecule has 1 aliphatic rings. The fourth-order valence-electron chi connectivity index (χ4n) is 3.44. The molecule has 0 radical (unpaired) electrons. The van der Waals surface area contributed by atoms with E-state index in [0.717, 1.165) is 6.42 Å². The smallest absolute Gasteiger partial charge is 0.326 e. The van der Waals surface area contributed by atoms with E-state index in [0.29, 0.717) is 45.3 Å². The highest BCUT2D eigenvalue weighted by molar-refractivity contribution is 7.20. The molecule has 2 unspecified atom stereocenters. The topological polar surface area (TPSA) is 102 Å². The van der Waals surface area contributed by atoms with Crippen LogP contribution in [0.4, 0.5) is 0 Å². The normalized spacial score (nSPS) is 20.1. The Morgan fingerprint density at radius 1 is 1.33 bits per heavy atom. The lowest BCUT2D eigenvalue weighted by Crippen LogP contribution is -2.49. The van der Waals surface area contributed by atoms with Crippen molar-refractivity contribution in [1.82, 2.24) is 14.9 Å². The number of aryl methyl sites for hydroxylation is 1. The first kappa shape index (κ1) is 19.5. The molecule has 0 aromatic carbocycles. The highest BCUT2D eigenvalue weighted by Crippen LogP contribution is 2.37.